The van der Waals surface area contributed by atoms with Crippen LogP contribution >= 0.6 is 0 Å². The van der Waals surface area contributed by atoms with Crippen LogP contribution in [-0.2, 0) is 0 Å². The first-order valence-corrected chi connectivity index (χ1v) is 7.02. The van der Waals surface area contributed by atoms with Crippen LogP contribution < -0.4 is 5.32 Å². The lowest BCUT2D eigenvalue weighted by atomic mass is 10.0. The van der Waals surface area contributed by atoms with Crippen LogP contribution in [0.3, 0.4) is 0 Å². The van der Waals surface area contributed by atoms with Gasteiger partial charge in [0.1, 0.15) is 0 Å². The Balaban J connectivity index is 3.06. The molecule has 0 heterocycles. The molecule has 0 aromatic heterocycles. The van der Waals surface area contributed by atoms with E-state index in [9.17, 15) is 0 Å². The lowest BCUT2D eigenvalue weighted by Gasteiger charge is -2.11. The van der Waals surface area contributed by atoms with E-state index in [-0.39, 0.29) is 0 Å². The van der Waals surface area contributed by atoms with Crippen molar-refractivity contribution in [2.24, 2.45) is 5.92 Å². The summed E-state index contributed by atoms with van der Waals surface area (Å²) in [5.74, 6) is 0.864. The molecule has 0 saturated carbocycles. The smallest absolute Gasteiger partial charge is 0.00232 e. The van der Waals surface area contributed by atoms with Gasteiger partial charge in [0.05, 0.1) is 0 Å². The second kappa shape index (κ2) is 12.0. The van der Waals surface area contributed by atoms with Crippen LogP contribution in [0.5, 0.6) is 0 Å². The van der Waals surface area contributed by atoms with E-state index in [1.807, 2.05) is 0 Å². The highest BCUT2D eigenvalue weighted by Gasteiger charge is 2.00. The maximum Gasteiger partial charge on any atom is -0.00232 e. The Labute approximate surface area is 97.0 Å². The van der Waals surface area contributed by atoms with E-state index in [1.54, 1.807) is 0 Å². The molecule has 0 aliphatic heterocycles. The van der Waals surface area contributed by atoms with Crippen molar-refractivity contribution in [2.45, 2.75) is 72.1 Å². The summed E-state index contributed by atoms with van der Waals surface area (Å²) in [6.07, 6.45) is 11.2. The van der Waals surface area contributed by atoms with Gasteiger partial charge in [-0.2, -0.15) is 0 Å². The predicted octanol–water partition coefficient (Wildman–Crippen LogP) is 4.37. The Morgan fingerprint density at radius 3 is 2.20 bits per heavy atom. The highest BCUT2D eigenvalue weighted by molar-refractivity contribution is 4.57. The molecule has 0 radical (unpaired) electrons. The van der Waals surface area contributed by atoms with Crippen LogP contribution in [0.15, 0.2) is 0 Å². The molecule has 0 aliphatic carbocycles. The molecule has 0 spiro atoms. The van der Waals surface area contributed by atoms with Crippen LogP contribution in [0.1, 0.15) is 72.1 Å². The number of hydrogen-bond acceptors (Lipinski definition) is 1. The van der Waals surface area contributed by atoms with Crippen molar-refractivity contribution in [3.63, 3.8) is 0 Å². The average molecular weight is 213 g/mol. The molecule has 0 aromatic rings. The van der Waals surface area contributed by atoms with Gasteiger partial charge in [0.2, 0.25) is 0 Å². The second-order valence-corrected chi connectivity index (χ2v) is 4.87. The molecule has 0 rings (SSSR count). The first-order chi connectivity index (χ1) is 7.31. The minimum Gasteiger partial charge on any atom is -0.316 e. The van der Waals surface area contributed by atoms with Gasteiger partial charge in [-0.05, 0) is 31.8 Å². The van der Waals surface area contributed by atoms with Crippen LogP contribution in [0.25, 0.3) is 0 Å². The highest BCUT2D eigenvalue weighted by atomic mass is 14.8. The van der Waals surface area contributed by atoms with E-state index in [2.05, 4.69) is 26.1 Å². The Kier molecular flexibility index (Phi) is 12.0. The van der Waals surface area contributed by atoms with Gasteiger partial charge in [-0.15, -0.1) is 0 Å². The fourth-order valence-electron chi connectivity index (χ4n) is 1.90. The third-order valence-corrected chi connectivity index (χ3v) is 2.97. The zero-order valence-electron chi connectivity index (χ0n) is 11.1. The summed E-state index contributed by atoms with van der Waals surface area (Å²) in [6, 6.07) is 0. The van der Waals surface area contributed by atoms with Crippen molar-refractivity contribution < 1.29 is 0 Å². The van der Waals surface area contributed by atoms with Gasteiger partial charge in [-0.1, -0.05) is 59.3 Å². The van der Waals surface area contributed by atoms with Crippen molar-refractivity contribution in [3.8, 4) is 0 Å². The molecule has 0 bridgehead atoms. The van der Waals surface area contributed by atoms with Crippen molar-refractivity contribution >= 4 is 0 Å². The molecule has 15 heavy (non-hydrogen) atoms. The van der Waals surface area contributed by atoms with Gasteiger partial charge in [0.25, 0.3) is 0 Å². The van der Waals surface area contributed by atoms with Crippen molar-refractivity contribution in [1.29, 1.82) is 0 Å². The van der Waals surface area contributed by atoms with Crippen LogP contribution in [0.2, 0.25) is 0 Å². The zero-order valence-corrected chi connectivity index (χ0v) is 11.1. The Bertz CT molecular complexity index is 112. The fourth-order valence-corrected chi connectivity index (χ4v) is 1.90. The monoisotopic (exact) mass is 213 g/mol. The molecular formula is C14H31N. The van der Waals surface area contributed by atoms with E-state index >= 15 is 0 Å². The van der Waals surface area contributed by atoms with Gasteiger partial charge in [-0.3, -0.25) is 0 Å². The van der Waals surface area contributed by atoms with E-state index in [0.29, 0.717) is 0 Å². The predicted molar refractivity (Wildman–Crippen MR) is 70.3 cm³/mol. The summed E-state index contributed by atoms with van der Waals surface area (Å²) in [5.41, 5.74) is 0. The lowest BCUT2D eigenvalue weighted by Crippen LogP contribution is -2.21. The number of nitrogens with one attached hydrogen (secondary N) is 1. The van der Waals surface area contributed by atoms with Gasteiger partial charge in [-0.25, -0.2) is 0 Å². The van der Waals surface area contributed by atoms with Crippen molar-refractivity contribution in [2.75, 3.05) is 13.1 Å². The van der Waals surface area contributed by atoms with Crippen molar-refractivity contribution in [3.05, 3.63) is 0 Å². The van der Waals surface area contributed by atoms with Crippen LogP contribution in [-0.4, -0.2) is 13.1 Å². The summed E-state index contributed by atoms with van der Waals surface area (Å²) in [7, 11) is 0. The Morgan fingerprint density at radius 1 is 0.867 bits per heavy atom. The summed E-state index contributed by atoms with van der Waals surface area (Å²) >= 11 is 0. The number of rotatable bonds is 11. The third kappa shape index (κ3) is 11.9. The maximum atomic E-state index is 3.50. The SMILES string of the molecule is CCCCCCCC[C@H](C)CNCCC. The standard InChI is InChI=1S/C14H31N/c1-4-6-7-8-9-10-11-14(3)13-15-12-5-2/h14-15H,4-13H2,1-3H3/t14-/m0/s1. The molecule has 1 atom stereocenters. The maximum absolute atomic E-state index is 3.50. The molecule has 1 N–H and O–H groups in total. The van der Waals surface area contributed by atoms with E-state index in [4.69, 9.17) is 0 Å². The minimum atomic E-state index is 0.864. The molecular weight excluding hydrogens is 182 g/mol. The van der Waals surface area contributed by atoms with E-state index in [1.165, 1.54) is 64.5 Å². The largest absolute Gasteiger partial charge is 0.316 e. The Morgan fingerprint density at radius 2 is 1.53 bits per heavy atom. The van der Waals surface area contributed by atoms with Gasteiger partial charge >= 0.3 is 0 Å². The third-order valence-electron chi connectivity index (χ3n) is 2.97. The minimum absolute atomic E-state index is 0.864. The van der Waals surface area contributed by atoms with Crippen molar-refractivity contribution in [1.82, 2.24) is 5.32 Å². The van der Waals surface area contributed by atoms with E-state index < -0.39 is 0 Å². The number of unbranched alkanes of at least 4 members (excludes halogenated alkanes) is 5. The average Bonchev–Trinajstić information content (AvgIpc) is 2.23. The first-order valence-electron chi connectivity index (χ1n) is 7.02. The molecule has 1 heteroatoms. The summed E-state index contributed by atoms with van der Waals surface area (Å²) < 4.78 is 0. The molecule has 0 fully saturated rings. The topological polar surface area (TPSA) is 12.0 Å². The molecule has 0 unspecified atom stereocenters. The summed E-state index contributed by atoms with van der Waals surface area (Å²) in [6.45, 7) is 9.27. The molecule has 1 nitrogen and oxygen atoms in total. The molecule has 0 saturated heterocycles. The summed E-state index contributed by atoms with van der Waals surface area (Å²) in [5, 5.41) is 3.50. The first kappa shape index (κ1) is 15.0. The normalized spacial score (nSPS) is 13.0. The molecule has 0 aliphatic rings. The van der Waals surface area contributed by atoms with Gasteiger partial charge in [0.15, 0.2) is 0 Å². The fraction of sp³-hybridized carbons (Fsp3) is 1.00. The van der Waals surface area contributed by atoms with Crippen LogP contribution in [0.4, 0.5) is 0 Å². The molecule has 0 amide bonds. The molecule has 0 aromatic carbocycles. The quantitative estimate of drug-likeness (QED) is 0.502. The van der Waals surface area contributed by atoms with Gasteiger partial charge in [0, 0.05) is 0 Å². The Hall–Kier alpha value is -0.0400. The second-order valence-electron chi connectivity index (χ2n) is 4.87. The molecule has 92 valence electrons. The van der Waals surface area contributed by atoms with Gasteiger partial charge < -0.3 is 5.32 Å². The summed E-state index contributed by atoms with van der Waals surface area (Å²) in [4.78, 5) is 0. The number of hydrogen-bond donors (Lipinski definition) is 1. The van der Waals surface area contributed by atoms with Crippen LogP contribution in [0, 0.1) is 5.92 Å². The lowest BCUT2D eigenvalue weighted by molar-refractivity contribution is 0.451. The highest BCUT2D eigenvalue weighted by Crippen LogP contribution is 2.11. The van der Waals surface area contributed by atoms with E-state index in [0.717, 1.165) is 5.92 Å². The zero-order chi connectivity index (χ0) is 11.4.